The third-order valence-corrected chi connectivity index (χ3v) is 11.3. The molecule has 0 unspecified atom stereocenters. The van der Waals surface area contributed by atoms with Crippen molar-refractivity contribution in [1.29, 1.82) is 0 Å². The Hall–Kier alpha value is -3.09. The minimum Gasteiger partial charge on any atom is -0.508 e. The van der Waals surface area contributed by atoms with Gasteiger partial charge in [0.1, 0.15) is 11.6 Å². The maximum atomic E-state index is 14.4. The van der Waals surface area contributed by atoms with Crippen LogP contribution in [0.1, 0.15) is 31.2 Å². The summed E-state index contributed by atoms with van der Waals surface area (Å²) in [6, 6.07) is 15.8. The highest BCUT2D eigenvalue weighted by Gasteiger charge is 2.68. The number of phenolic OH excluding ortho intramolecular Hbond substituents is 1. The third-order valence-electron chi connectivity index (χ3n) is 9.82. The fourth-order valence-electron chi connectivity index (χ4n) is 7.83. The lowest BCUT2D eigenvalue weighted by molar-refractivity contribution is -0.131. The van der Waals surface area contributed by atoms with Gasteiger partial charge < -0.3 is 5.11 Å². The van der Waals surface area contributed by atoms with Gasteiger partial charge in [-0.1, -0.05) is 39.2 Å². The molecule has 4 amide bonds. The number of phenols is 1. The number of hydrogen-bond donors (Lipinski definition) is 1. The Balaban J connectivity index is 1.38. The standard InChI is InChI=1S/C33H24BrClFIN2O5/c1-33-23(30(42)39(32(33)44)18-7-10-25(36)24(35)13-18)14-21-19(28(33)22-12-15(34)2-11-26(22)40)8-9-20-27(21)31(43)38(29(20)41)17-5-3-16(37)4-6-17/h2-8,10-13,20-21,23,27-28,40H,9,14H2,1H3/t20-,21+,23-,27-,28+,33+/m0/s1. The highest BCUT2D eigenvalue weighted by molar-refractivity contribution is 14.1. The Kier molecular flexibility index (Phi) is 7.06. The molecule has 3 aromatic carbocycles. The number of carbonyl (C=O) groups is 4. The van der Waals surface area contributed by atoms with Crippen molar-refractivity contribution in [2.24, 2.45) is 29.1 Å². The van der Waals surface area contributed by atoms with Gasteiger partial charge in [0.15, 0.2) is 0 Å². The van der Waals surface area contributed by atoms with Crippen LogP contribution in [-0.4, -0.2) is 28.7 Å². The maximum absolute atomic E-state index is 14.4. The topological polar surface area (TPSA) is 95.0 Å². The van der Waals surface area contributed by atoms with Crippen molar-refractivity contribution < 1.29 is 28.7 Å². The second-order valence-corrected chi connectivity index (χ2v) is 14.5. The molecule has 1 saturated carbocycles. The van der Waals surface area contributed by atoms with Crippen LogP contribution in [0.5, 0.6) is 5.75 Å². The van der Waals surface area contributed by atoms with E-state index in [1.54, 1.807) is 31.2 Å². The zero-order valence-electron chi connectivity index (χ0n) is 23.1. The second kappa shape index (κ2) is 10.5. The first-order chi connectivity index (χ1) is 20.9. The molecule has 0 bridgehead atoms. The first kappa shape index (κ1) is 29.6. The lowest BCUT2D eigenvalue weighted by Crippen LogP contribution is -2.48. The Morgan fingerprint density at radius 1 is 0.932 bits per heavy atom. The zero-order chi connectivity index (χ0) is 31.2. The number of nitrogens with zero attached hydrogens (tertiary/aromatic N) is 2. The Bertz CT molecular complexity index is 1830. The lowest BCUT2D eigenvalue weighted by atomic mass is 9.51. The van der Waals surface area contributed by atoms with E-state index in [2.05, 4.69) is 38.5 Å². The summed E-state index contributed by atoms with van der Waals surface area (Å²) in [5.74, 6) is -5.91. The summed E-state index contributed by atoms with van der Waals surface area (Å²) < 4.78 is 15.7. The summed E-state index contributed by atoms with van der Waals surface area (Å²) in [7, 11) is 0. The van der Waals surface area contributed by atoms with Crippen LogP contribution < -0.4 is 9.80 Å². The van der Waals surface area contributed by atoms with Gasteiger partial charge in [0, 0.05) is 19.5 Å². The van der Waals surface area contributed by atoms with Crippen molar-refractivity contribution in [3.63, 3.8) is 0 Å². The molecule has 0 spiro atoms. The first-order valence-electron chi connectivity index (χ1n) is 14.1. The van der Waals surface area contributed by atoms with Crippen LogP contribution in [0.3, 0.4) is 0 Å². The van der Waals surface area contributed by atoms with E-state index in [0.29, 0.717) is 15.7 Å². The molecule has 3 fully saturated rings. The number of rotatable bonds is 3. The van der Waals surface area contributed by atoms with Gasteiger partial charge in [-0.3, -0.25) is 24.1 Å². The molecule has 7 nitrogen and oxygen atoms in total. The maximum Gasteiger partial charge on any atom is 0.241 e. The number of aromatic hydroxyl groups is 1. The molecule has 4 aliphatic rings. The van der Waals surface area contributed by atoms with E-state index in [-0.39, 0.29) is 41.1 Å². The number of hydrogen-bond acceptors (Lipinski definition) is 5. The average Bonchev–Trinajstić information content (AvgIpc) is 3.36. The van der Waals surface area contributed by atoms with Crippen molar-refractivity contribution in [1.82, 2.24) is 0 Å². The molecule has 44 heavy (non-hydrogen) atoms. The second-order valence-electron chi connectivity index (χ2n) is 12.0. The molecule has 1 N–H and O–H groups in total. The van der Waals surface area contributed by atoms with Crippen LogP contribution >= 0.6 is 50.1 Å². The molecule has 11 heteroatoms. The smallest absolute Gasteiger partial charge is 0.241 e. The number of amides is 4. The summed E-state index contributed by atoms with van der Waals surface area (Å²) in [6.07, 6.45) is 2.37. The van der Waals surface area contributed by atoms with Gasteiger partial charge in [-0.15, -0.1) is 0 Å². The Morgan fingerprint density at radius 2 is 1.64 bits per heavy atom. The van der Waals surface area contributed by atoms with Crippen molar-refractivity contribution in [2.75, 3.05) is 9.80 Å². The molecule has 6 atom stereocenters. The number of benzene rings is 3. The van der Waals surface area contributed by atoms with Crippen LogP contribution in [0.2, 0.25) is 5.02 Å². The van der Waals surface area contributed by atoms with Crippen molar-refractivity contribution in [3.05, 3.63) is 96.8 Å². The van der Waals surface area contributed by atoms with Gasteiger partial charge in [0.05, 0.1) is 39.6 Å². The van der Waals surface area contributed by atoms with Crippen LogP contribution in [0, 0.1) is 38.5 Å². The van der Waals surface area contributed by atoms with Crippen molar-refractivity contribution >= 4 is 85.1 Å². The molecule has 0 aromatic heterocycles. The molecule has 224 valence electrons. The van der Waals surface area contributed by atoms with Crippen LogP contribution in [-0.2, 0) is 19.2 Å². The summed E-state index contributed by atoms with van der Waals surface area (Å²) >= 11 is 11.7. The number of allylic oxidation sites excluding steroid dienone is 2. The number of imide groups is 2. The number of anilines is 2. The van der Waals surface area contributed by atoms with E-state index in [9.17, 15) is 28.7 Å². The Morgan fingerprint density at radius 3 is 2.34 bits per heavy atom. The number of fused-ring (bicyclic) bond motifs is 4. The van der Waals surface area contributed by atoms with Gasteiger partial charge in [0.25, 0.3) is 0 Å². The predicted molar refractivity (Wildman–Crippen MR) is 173 cm³/mol. The summed E-state index contributed by atoms with van der Waals surface area (Å²) in [6.45, 7) is 1.72. The molecule has 2 saturated heterocycles. The molecular formula is C33H24BrClFIN2O5. The van der Waals surface area contributed by atoms with E-state index in [1.165, 1.54) is 23.1 Å². The molecule has 2 aliphatic carbocycles. The highest BCUT2D eigenvalue weighted by Crippen LogP contribution is 2.64. The summed E-state index contributed by atoms with van der Waals surface area (Å²) in [5, 5.41) is 10.9. The van der Waals surface area contributed by atoms with Crippen molar-refractivity contribution in [2.45, 2.75) is 25.7 Å². The number of carbonyl (C=O) groups excluding carboxylic acids is 4. The van der Waals surface area contributed by atoms with E-state index in [4.69, 9.17) is 11.6 Å². The normalized spacial score (nSPS) is 29.5. The third kappa shape index (κ3) is 4.16. The van der Waals surface area contributed by atoms with Gasteiger partial charge >= 0.3 is 0 Å². The van der Waals surface area contributed by atoms with Crippen LogP contribution in [0.4, 0.5) is 15.8 Å². The summed E-state index contributed by atoms with van der Waals surface area (Å²) in [5.41, 5.74) is 0.472. The highest BCUT2D eigenvalue weighted by atomic mass is 127. The van der Waals surface area contributed by atoms with Crippen LogP contribution in [0.25, 0.3) is 0 Å². The zero-order valence-corrected chi connectivity index (χ0v) is 27.6. The quantitative estimate of drug-likeness (QED) is 0.176. The predicted octanol–water partition coefficient (Wildman–Crippen LogP) is 6.99. The van der Waals surface area contributed by atoms with Crippen LogP contribution in [0.15, 0.2) is 76.8 Å². The van der Waals surface area contributed by atoms with E-state index in [0.717, 1.165) is 20.1 Å². The molecule has 0 radical (unpaired) electrons. The molecule has 3 aromatic rings. The summed E-state index contributed by atoms with van der Waals surface area (Å²) in [4.78, 5) is 58.8. The molecule has 7 rings (SSSR count). The minimum atomic E-state index is -1.35. The van der Waals surface area contributed by atoms with Gasteiger partial charge in [-0.2, -0.15) is 0 Å². The fraction of sp³-hybridized carbons (Fsp3) is 0.273. The van der Waals surface area contributed by atoms with Gasteiger partial charge in [0.2, 0.25) is 23.6 Å². The van der Waals surface area contributed by atoms with E-state index < -0.39 is 52.6 Å². The molecule has 2 heterocycles. The fourth-order valence-corrected chi connectivity index (χ4v) is 8.74. The molecular weight excluding hydrogens is 766 g/mol. The van der Waals surface area contributed by atoms with Gasteiger partial charge in [-0.25, -0.2) is 9.29 Å². The SMILES string of the molecule is C[C@@]12C(=O)N(c3ccc(F)c(Cl)c3)C(=O)[C@@H]1C[C@@H]1C(=CC[C@@H]3C(=O)N(c4ccc(I)cc4)C(=O)[C@@H]31)[C@@H]2c1cc(Br)ccc1O. The lowest BCUT2D eigenvalue weighted by Gasteiger charge is -2.49. The molecule has 2 aliphatic heterocycles. The van der Waals surface area contributed by atoms with E-state index in [1.807, 2.05) is 18.2 Å². The minimum absolute atomic E-state index is 0.0558. The first-order valence-corrected chi connectivity index (χ1v) is 16.3. The largest absolute Gasteiger partial charge is 0.508 e. The van der Waals surface area contributed by atoms with E-state index >= 15 is 0 Å². The average molecular weight is 790 g/mol. The Labute approximate surface area is 279 Å². The van der Waals surface area contributed by atoms with Crippen molar-refractivity contribution in [3.8, 4) is 5.75 Å². The monoisotopic (exact) mass is 788 g/mol. The van der Waals surface area contributed by atoms with Gasteiger partial charge in [-0.05, 0) is 109 Å². The number of halogens is 4.